The Labute approximate surface area is 159 Å². The molecule has 2 aromatic carbocycles. The van der Waals surface area contributed by atoms with Crippen molar-refractivity contribution in [1.82, 2.24) is 0 Å². The van der Waals surface area contributed by atoms with Crippen LogP contribution in [-0.4, -0.2) is 23.8 Å². The predicted molar refractivity (Wildman–Crippen MR) is 96.5 cm³/mol. The summed E-state index contributed by atoms with van der Waals surface area (Å²) >= 11 is 12.1. The van der Waals surface area contributed by atoms with E-state index in [0.717, 1.165) is 10.5 Å². The smallest absolute Gasteiger partial charge is 0.256 e. The summed E-state index contributed by atoms with van der Waals surface area (Å²) in [6, 6.07) is 8.23. The van der Waals surface area contributed by atoms with E-state index in [2.05, 4.69) is 5.32 Å². The van der Waals surface area contributed by atoms with Crippen molar-refractivity contribution < 1.29 is 19.5 Å². The molecule has 0 saturated carbocycles. The van der Waals surface area contributed by atoms with Crippen LogP contribution in [0, 0.1) is 6.92 Å². The first-order valence-electron chi connectivity index (χ1n) is 7.69. The highest BCUT2D eigenvalue weighted by Gasteiger charge is 2.40. The molecule has 6 nitrogen and oxygen atoms in total. The van der Waals surface area contributed by atoms with Gasteiger partial charge in [0.15, 0.2) is 0 Å². The summed E-state index contributed by atoms with van der Waals surface area (Å²) in [6.07, 6.45) is -0.0866. The number of hydrogen-bond donors (Lipinski definition) is 1. The molecular formula is C18H13Cl2N2O4-. The lowest BCUT2D eigenvalue weighted by atomic mass is 10.1. The topological polar surface area (TPSA) is 89.5 Å². The van der Waals surface area contributed by atoms with E-state index in [4.69, 9.17) is 23.2 Å². The molecule has 1 atom stereocenters. The number of benzene rings is 2. The predicted octanol–water partition coefficient (Wildman–Crippen LogP) is 2.41. The number of carbonyl (C=O) groups is 3. The van der Waals surface area contributed by atoms with Crippen LogP contribution >= 0.6 is 23.2 Å². The Morgan fingerprint density at radius 2 is 1.96 bits per heavy atom. The molecule has 1 saturated heterocycles. The second-order valence-corrected chi connectivity index (χ2v) is 6.64. The van der Waals surface area contributed by atoms with E-state index < -0.39 is 23.8 Å². The average Bonchev–Trinajstić information content (AvgIpc) is 2.86. The number of rotatable bonds is 4. The van der Waals surface area contributed by atoms with E-state index >= 15 is 0 Å². The van der Waals surface area contributed by atoms with Gasteiger partial charge in [0, 0.05) is 5.69 Å². The van der Waals surface area contributed by atoms with Crippen molar-refractivity contribution >= 4 is 52.4 Å². The SMILES string of the molecule is Cc1ccc(C(=O)[O-])cc1N[C@@H]1CC(=O)N(c2cccc(Cl)c2Cl)C1=O. The zero-order valence-electron chi connectivity index (χ0n) is 13.6. The number of amides is 2. The largest absolute Gasteiger partial charge is 0.545 e. The highest BCUT2D eigenvalue weighted by molar-refractivity contribution is 6.45. The zero-order chi connectivity index (χ0) is 19.0. The molecule has 0 aliphatic carbocycles. The number of anilines is 2. The number of aryl methyl sites for hydroxylation is 1. The van der Waals surface area contributed by atoms with Gasteiger partial charge < -0.3 is 15.2 Å². The fraction of sp³-hybridized carbons (Fsp3) is 0.167. The first kappa shape index (κ1) is 18.2. The molecule has 1 N–H and O–H groups in total. The highest BCUT2D eigenvalue weighted by atomic mass is 35.5. The Bertz CT molecular complexity index is 929. The van der Waals surface area contributed by atoms with Crippen LogP contribution in [0.2, 0.25) is 10.0 Å². The molecule has 1 heterocycles. The van der Waals surface area contributed by atoms with Gasteiger partial charge in [0.25, 0.3) is 5.91 Å². The summed E-state index contributed by atoms with van der Waals surface area (Å²) in [5, 5.41) is 14.3. The number of imide groups is 1. The van der Waals surface area contributed by atoms with Gasteiger partial charge in [0.05, 0.1) is 28.1 Å². The summed E-state index contributed by atoms with van der Waals surface area (Å²) in [4.78, 5) is 37.1. The number of nitrogens with one attached hydrogen (secondary N) is 1. The maximum absolute atomic E-state index is 12.7. The maximum atomic E-state index is 12.7. The summed E-state index contributed by atoms with van der Waals surface area (Å²) in [5.74, 6) is -2.24. The third-order valence-electron chi connectivity index (χ3n) is 4.12. The number of nitrogens with zero attached hydrogens (tertiary/aromatic N) is 1. The molecular weight excluding hydrogens is 379 g/mol. The van der Waals surface area contributed by atoms with Crippen molar-refractivity contribution in [2.45, 2.75) is 19.4 Å². The monoisotopic (exact) mass is 391 g/mol. The van der Waals surface area contributed by atoms with Gasteiger partial charge in [-0.3, -0.25) is 9.59 Å². The zero-order valence-corrected chi connectivity index (χ0v) is 15.1. The fourth-order valence-electron chi connectivity index (χ4n) is 2.76. The Morgan fingerprint density at radius 1 is 1.23 bits per heavy atom. The summed E-state index contributed by atoms with van der Waals surface area (Å²) in [7, 11) is 0. The van der Waals surface area contributed by atoms with Gasteiger partial charge >= 0.3 is 0 Å². The number of aromatic carboxylic acids is 1. The number of carboxylic acids is 1. The lowest BCUT2D eigenvalue weighted by molar-refractivity contribution is -0.255. The number of hydrogen-bond acceptors (Lipinski definition) is 5. The van der Waals surface area contributed by atoms with Gasteiger partial charge in [-0.05, 0) is 36.2 Å². The van der Waals surface area contributed by atoms with E-state index in [0.29, 0.717) is 5.69 Å². The second-order valence-electron chi connectivity index (χ2n) is 5.86. The summed E-state index contributed by atoms with van der Waals surface area (Å²) in [5.41, 5.74) is 1.37. The molecule has 1 fully saturated rings. The van der Waals surface area contributed by atoms with Gasteiger partial charge in [0.1, 0.15) is 6.04 Å². The minimum Gasteiger partial charge on any atom is -0.545 e. The third-order valence-corrected chi connectivity index (χ3v) is 4.93. The third kappa shape index (κ3) is 3.25. The molecule has 1 aliphatic rings. The Morgan fingerprint density at radius 3 is 2.65 bits per heavy atom. The van der Waals surface area contributed by atoms with Crippen LogP contribution in [0.5, 0.6) is 0 Å². The van der Waals surface area contributed by atoms with E-state index in [-0.39, 0.29) is 27.7 Å². The van der Waals surface area contributed by atoms with E-state index in [1.165, 1.54) is 18.2 Å². The molecule has 8 heteroatoms. The molecule has 0 bridgehead atoms. The van der Waals surface area contributed by atoms with Crippen molar-refractivity contribution in [3.8, 4) is 0 Å². The molecule has 0 spiro atoms. The average molecular weight is 392 g/mol. The number of carboxylic acid groups (broad SMARTS) is 1. The molecule has 2 aromatic rings. The van der Waals surface area contributed by atoms with Crippen LogP contribution in [0.25, 0.3) is 0 Å². The maximum Gasteiger partial charge on any atom is 0.256 e. The lowest BCUT2D eigenvalue weighted by Crippen LogP contribution is -2.35. The van der Waals surface area contributed by atoms with Gasteiger partial charge in [0.2, 0.25) is 5.91 Å². The van der Waals surface area contributed by atoms with Gasteiger partial charge in [-0.2, -0.15) is 0 Å². The van der Waals surface area contributed by atoms with Crippen LogP contribution in [-0.2, 0) is 9.59 Å². The van der Waals surface area contributed by atoms with Crippen LogP contribution < -0.4 is 15.3 Å². The van der Waals surface area contributed by atoms with Gasteiger partial charge in [-0.1, -0.05) is 41.4 Å². The quantitative estimate of drug-likeness (QED) is 0.808. The Kier molecular flexibility index (Phi) is 4.89. The highest BCUT2D eigenvalue weighted by Crippen LogP contribution is 2.35. The van der Waals surface area contributed by atoms with Crippen molar-refractivity contribution in [3.05, 3.63) is 57.6 Å². The van der Waals surface area contributed by atoms with Crippen LogP contribution in [0.4, 0.5) is 11.4 Å². The van der Waals surface area contributed by atoms with Crippen molar-refractivity contribution in [2.24, 2.45) is 0 Å². The summed E-state index contributed by atoms with van der Waals surface area (Å²) < 4.78 is 0. The second kappa shape index (κ2) is 6.97. The number of halogens is 2. The molecule has 1 aliphatic heterocycles. The van der Waals surface area contributed by atoms with Gasteiger partial charge in [-0.25, -0.2) is 4.90 Å². The molecule has 0 unspecified atom stereocenters. The standard InChI is InChI=1S/C18H14Cl2N2O4/c1-9-5-6-10(18(25)26)7-12(9)21-13-8-15(23)22(17(13)24)14-4-2-3-11(19)16(14)20/h2-7,13,21H,8H2,1H3,(H,25,26)/p-1/t13-/m1/s1. The fourth-order valence-corrected chi connectivity index (χ4v) is 3.14. The van der Waals surface area contributed by atoms with Crippen LogP contribution in [0.3, 0.4) is 0 Å². The van der Waals surface area contributed by atoms with Crippen LogP contribution in [0.1, 0.15) is 22.3 Å². The molecule has 134 valence electrons. The van der Waals surface area contributed by atoms with Gasteiger partial charge in [-0.15, -0.1) is 0 Å². The van der Waals surface area contributed by atoms with Crippen molar-refractivity contribution in [3.63, 3.8) is 0 Å². The Hall–Kier alpha value is -2.57. The minimum absolute atomic E-state index is 0.0235. The van der Waals surface area contributed by atoms with E-state index in [9.17, 15) is 19.5 Å². The molecule has 2 amide bonds. The molecule has 0 aromatic heterocycles. The lowest BCUT2D eigenvalue weighted by Gasteiger charge is -2.19. The number of carbonyl (C=O) groups excluding carboxylic acids is 3. The minimum atomic E-state index is -1.32. The van der Waals surface area contributed by atoms with Crippen LogP contribution in [0.15, 0.2) is 36.4 Å². The molecule has 26 heavy (non-hydrogen) atoms. The Balaban J connectivity index is 1.89. The van der Waals surface area contributed by atoms with Crippen molar-refractivity contribution in [2.75, 3.05) is 10.2 Å². The van der Waals surface area contributed by atoms with E-state index in [1.807, 2.05) is 0 Å². The molecule has 0 radical (unpaired) electrons. The van der Waals surface area contributed by atoms with Crippen molar-refractivity contribution in [1.29, 1.82) is 0 Å². The molecule has 3 rings (SSSR count). The van der Waals surface area contributed by atoms with E-state index in [1.54, 1.807) is 25.1 Å². The first-order valence-corrected chi connectivity index (χ1v) is 8.44. The normalized spacial score (nSPS) is 16.9. The first-order chi connectivity index (χ1) is 12.3. The summed E-state index contributed by atoms with van der Waals surface area (Å²) in [6.45, 7) is 1.76.